The fourth-order valence-corrected chi connectivity index (χ4v) is 2.96. The zero-order valence-electron chi connectivity index (χ0n) is 10.4. The maximum absolute atomic E-state index is 6.12. The van der Waals surface area contributed by atoms with E-state index in [0.29, 0.717) is 12.1 Å². The second-order valence-electron chi connectivity index (χ2n) is 5.90. The van der Waals surface area contributed by atoms with Crippen molar-refractivity contribution in [1.29, 1.82) is 0 Å². The standard InChI is InChI=1S/C12H26N2/c1-9-7-6-8-14(9)11(10(2)13)12(3,4)5/h9-11H,6-8,13H2,1-5H3. The molecule has 1 aliphatic rings. The summed E-state index contributed by atoms with van der Waals surface area (Å²) in [6.07, 6.45) is 2.67. The maximum Gasteiger partial charge on any atom is 0.0295 e. The van der Waals surface area contributed by atoms with Crippen LogP contribution in [-0.4, -0.2) is 29.6 Å². The van der Waals surface area contributed by atoms with Gasteiger partial charge in [0.1, 0.15) is 0 Å². The molecule has 0 aromatic heterocycles. The van der Waals surface area contributed by atoms with E-state index in [1.54, 1.807) is 0 Å². The van der Waals surface area contributed by atoms with Gasteiger partial charge in [0.05, 0.1) is 0 Å². The highest BCUT2D eigenvalue weighted by atomic mass is 15.2. The highest BCUT2D eigenvalue weighted by molar-refractivity contribution is 4.93. The summed E-state index contributed by atoms with van der Waals surface area (Å²) in [7, 11) is 0. The van der Waals surface area contributed by atoms with Gasteiger partial charge >= 0.3 is 0 Å². The third-order valence-electron chi connectivity index (χ3n) is 3.35. The van der Waals surface area contributed by atoms with E-state index in [4.69, 9.17) is 5.73 Å². The van der Waals surface area contributed by atoms with Gasteiger partial charge in [-0.3, -0.25) is 4.90 Å². The lowest BCUT2D eigenvalue weighted by molar-refractivity contribution is 0.0766. The zero-order chi connectivity index (χ0) is 10.9. The minimum atomic E-state index is 0.260. The summed E-state index contributed by atoms with van der Waals surface area (Å²) in [5, 5.41) is 0. The highest BCUT2D eigenvalue weighted by Gasteiger charge is 2.37. The number of nitrogens with zero attached hydrogens (tertiary/aromatic N) is 1. The van der Waals surface area contributed by atoms with Gasteiger partial charge in [-0.05, 0) is 38.6 Å². The average Bonchev–Trinajstić information content (AvgIpc) is 2.32. The molecule has 0 aromatic carbocycles. The molecule has 0 saturated carbocycles. The molecule has 0 aromatic rings. The summed E-state index contributed by atoms with van der Waals surface area (Å²) >= 11 is 0. The first kappa shape index (κ1) is 12.0. The Morgan fingerprint density at radius 3 is 2.21 bits per heavy atom. The molecule has 1 aliphatic heterocycles. The normalized spacial score (nSPS) is 29.1. The SMILES string of the molecule is CC(N)C(N1CCCC1C)C(C)(C)C. The zero-order valence-corrected chi connectivity index (χ0v) is 10.4. The van der Waals surface area contributed by atoms with Crippen LogP contribution in [0.2, 0.25) is 0 Å². The summed E-state index contributed by atoms with van der Waals surface area (Å²) in [5.74, 6) is 0. The van der Waals surface area contributed by atoms with Gasteiger partial charge in [0.15, 0.2) is 0 Å². The minimum Gasteiger partial charge on any atom is -0.327 e. The smallest absolute Gasteiger partial charge is 0.0295 e. The quantitative estimate of drug-likeness (QED) is 0.737. The second kappa shape index (κ2) is 4.19. The van der Waals surface area contributed by atoms with E-state index in [1.165, 1.54) is 19.4 Å². The van der Waals surface area contributed by atoms with Crippen molar-refractivity contribution in [1.82, 2.24) is 4.90 Å². The van der Waals surface area contributed by atoms with Crippen LogP contribution in [0.5, 0.6) is 0 Å². The third-order valence-corrected chi connectivity index (χ3v) is 3.35. The molecule has 1 rings (SSSR count). The molecule has 0 spiro atoms. The van der Waals surface area contributed by atoms with Gasteiger partial charge in [-0.2, -0.15) is 0 Å². The Balaban J connectivity index is 2.77. The van der Waals surface area contributed by atoms with Crippen molar-refractivity contribution in [2.24, 2.45) is 11.1 Å². The Labute approximate surface area is 88.8 Å². The predicted octanol–water partition coefficient (Wildman–Crippen LogP) is 2.23. The molecule has 1 fully saturated rings. The molecule has 1 heterocycles. The van der Waals surface area contributed by atoms with Crippen molar-refractivity contribution < 1.29 is 0 Å². The van der Waals surface area contributed by atoms with E-state index in [1.807, 2.05) is 0 Å². The summed E-state index contributed by atoms with van der Waals surface area (Å²) in [5.41, 5.74) is 6.41. The van der Waals surface area contributed by atoms with E-state index in [9.17, 15) is 0 Å². The summed E-state index contributed by atoms with van der Waals surface area (Å²) in [4.78, 5) is 2.60. The molecular formula is C12H26N2. The molecular weight excluding hydrogens is 172 g/mol. The Hall–Kier alpha value is -0.0800. The van der Waals surface area contributed by atoms with E-state index in [2.05, 4.69) is 39.5 Å². The third kappa shape index (κ3) is 2.48. The molecule has 2 heteroatoms. The molecule has 0 aliphatic carbocycles. The van der Waals surface area contributed by atoms with Crippen molar-refractivity contribution in [2.75, 3.05) is 6.54 Å². The predicted molar refractivity (Wildman–Crippen MR) is 62.3 cm³/mol. The molecule has 14 heavy (non-hydrogen) atoms. The van der Waals surface area contributed by atoms with Crippen LogP contribution in [0.25, 0.3) is 0 Å². The lowest BCUT2D eigenvalue weighted by atomic mass is 9.81. The van der Waals surface area contributed by atoms with E-state index in [-0.39, 0.29) is 11.5 Å². The second-order valence-corrected chi connectivity index (χ2v) is 5.90. The minimum absolute atomic E-state index is 0.260. The van der Waals surface area contributed by atoms with Crippen molar-refractivity contribution in [3.05, 3.63) is 0 Å². The molecule has 0 bridgehead atoms. The van der Waals surface area contributed by atoms with Crippen LogP contribution in [0.3, 0.4) is 0 Å². The Bertz CT molecular complexity index is 181. The number of nitrogens with two attached hydrogens (primary N) is 1. The number of hydrogen-bond donors (Lipinski definition) is 1. The van der Waals surface area contributed by atoms with Crippen molar-refractivity contribution in [3.8, 4) is 0 Å². The molecule has 3 atom stereocenters. The number of rotatable bonds is 2. The maximum atomic E-state index is 6.12. The first-order valence-electron chi connectivity index (χ1n) is 5.85. The Morgan fingerprint density at radius 1 is 1.36 bits per heavy atom. The summed E-state index contributed by atoms with van der Waals surface area (Å²) < 4.78 is 0. The Kier molecular flexibility index (Phi) is 3.59. The van der Waals surface area contributed by atoms with Crippen LogP contribution in [0.1, 0.15) is 47.5 Å². The molecule has 2 nitrogen and oxygen atoms in total. The van der Waals surface area contributed by atoms with Gasteiger partial charge in [-0.1, -0.05) is 20.8 Å². The lowest BCUT2D eigenvalue weighted by Crippen LogP contribution is -2.54. The van der Waals surface area contributed by atoms with Gasteiger partial charge in [0.2, 0.25) is 0 Å². The molecule has 0 radical (unpaired) electrons. The van der Waals surface area contributed by atoms with Gasteiger partial charge in [0.25, 0.3) is 0 Å². The Morgan fingerprint density at radius 2 is 1.93 bits per heavy atom. The highest BCUT2D eigenvalue weighted by Crippen LogP contribution is 2.31. The van der Waals surface area contributed by atoms with E-state index < -0.39 is 0 Å². The van der Waals surface area contributed by atoms with Gasteiger partial charge in [0, 0.05) is 18.1 Å². The van der Waals surface area contributed by atoms with Crippen molar-refractivity contribution >= 4 is 0 Å². The molecule has 3 unspecified atom stereocenters. The van der Waals surface area contributed by atoms with Crippen LogP contribution in [-0.2, 0) is 0 Å². The average molecular weight is 198 g/mol. The molecule has 84 valence electrons. The van der Waals surface area contributed by atoms with E-state index >= 15 is 0 Å². The summed E-state index contributed by atoms with van der Waals surface area (Å²) in [6.45, 7) is 12.6. The van der Waals surface area contributed by atoms with Crippen LogP contribution in [0, 0.1) is 5.41 Å². The number of likely N-dealkylation sites (tertiary alicyclic amines) is 1. The van der Waals surface area contributed by atoms with E-state index in [0.717, 1.165) is 0 Å². The van der Waals surface area contributed by atoms with Crippen LogP contribution < -0.4 is 5.73 Å². The van der Waals surface area contributed by atoms with Crippen LogP contribution >= 0.6 is 0 Å². The lowest BCUT2D eigenvalue weighted by Gasteiger charge is -2.42. The van der Waals surface area contributed by atoms with Crippen molar-refractivity contribution in [2.45, 2.75) is 65.6 Å². The van der Waals surface area contributed by atoms with Gasteiger partial charge in [-0.25, -0.2) is 0 Å². The van der Waals surface area contributed by atoms with Gasteiger partial charge < -0.3 is 5.73 Å². The van der Waals surface area contributed by atoms with Crippen LogP contribution in [0.4, 0.5) is 0 Å². The molecule has 2 N–H and O–H groups in total. The molecule has 0 amide bonds. The summed E-state index contributed by atoms with van der Waals surface area (Å²) in [6, 6.07) is 1.49. The monoisotopic (exact) mass is 198 g/mol. The van der Waals surface area contributed by atoms with Crippen molar-refractivity contribution in [3.63, 3.8) is 0 Å². The topological polar surface area (TPSA) is 29.3 Å². The largest absolute Gasteiger partial charge is 0.327 e. The first-order valence-corrected chi connectivity index (χ1v) is 5.85. The number of hydrogen-bond acceptors (Lipinski definition) is 2. The fraction of sp³-hybridized carbons (Fsp3) is 1.00. The first-order chi connectivity index (χ1) is 6.34. The fourth-order valence-electron chi connectivity index (χ4n) is 2.96. The molecule has 1 saturated heterocycles. The van der Waals surface area contributed by atoms with Gasteiger partial charge in [-0.15, -0.1) is 0 Å². The van der Waals surface area contributed by atoms with Crippen LogP contribution in [0.15, 0.2) is 0 Å².